The molecule has 1 aromatic carbocycles. The third-order valence-corrected chi connectivity index (χ3v) is 7.67. The largest absolute Gasteiger partial charge is 0.340 e. The van der Waals surface area contributed by atoms with Gasteiger partial charge < -0.3 is 9.80 Å². The number of carbonyl (C=O) groups is 2. The first-order valence-electron chi connectivity index (χ1n) is 11.6. The number of rotatable bonds is 6. The second-order valence-electron chi connectivity index (χ2n) is 10.4. The second-order valence-corrected chi connectivity index (χ2v) is 11.8. The minimum Gasteiger partial charge on any atom is -0.340 e. The summed E-state index contributed by atoms with van der Waals surface area (Å²) >= 11 is 1.75. The van der Waals surface area contributed by atoms with Crippen LogP contribution in [0.1, 0.15) is 64.5 Å². The van der Waals surface area contributed by atoms with Crippen molar-refractivity contribution in [2.45, 2.75) is 64.0 Å². The quantitative estimate of drug-likeness (QED) is 0.660. The minimum absolute atomic E-state index is 0.00204. The molecule has 3 rings (SSSR count). The predicted molar refractivity (Wildman–Crippen MR) is 129 cm³/mol. The van der Waals surface area contributed by atoms with E-state index in [1.807, 2.05) is 11.8 Å². The number of amides is 2. The van der Waals surface area contributed by atoms with E-state index in [2.05, 4.69) is 68.7 Å². The van der Waals surface area contributed by atoms with Crippen LogP contribution in [0, 0.1) is 5.92 Å². The molecule has 0 aliphatic carbocycles. The Morgan fingerprint density at radius 2 is 1.68 bits per heavy atom. The molecule has 2 aliphatic rings. The molecule has 0 saturated carbocycles. The highest BCUT2D eigenvalue weighted by Gasteiger charge is 2.38. The molecule has 0 radical (unpaired) electrons. The fraction of sp³-hybridized carbons (Fsp3) is 0.680. The van der Waals surface area contributed by atoms with Crippen molar-refractivity contribution < 1.29 is 9.59 Å². The van der Waals surface area contributed by atoms with Gasteiger partial charge in [0.05, 0.1) is 5.25 Å². The molecule has 2 amide bonds. The van der Waals surface area contributed by atoms with Gasteiger partial charge in [0.25, 0.3) is 0 Å². The summed E-state index contributed by atoms with van der Waals surface area (Å²) in [4.78, 5) is 31.6. The molecule has 0 bridgehead atoms. The van der Waals surface area contributed by atoms with Crippen molar-refractivity contribution in [1.29, 1.82) is 0 Å². The Bertz CT molecular complexity index is 764. The molecule has 2 atom stereocenters. The van der Waals surface area contributed by atoms with E-state index < -0.39 is 0 Å². The molecule has 2 aliphatic heterocycles. The monoisotopic (exact) mass is 445 g/mol. The van der Waals surface area contributed by atoms with Crippen LogP contribution in [0.5, 0.6) is 0 Å². The highest BCUT2D eigenvalue weighted by Crippen LogP contribution is 2.43. The van der Waals surface area contributed by atoms with Crippen LogP contribution in [0.4, 0.5) is 0 Å². The van der Waals surface area contributed by atoms with Crippen molar-refractivity contribution in [3.63, 3.8) is 0 Å². The lowest BCUT2D eigenvalue weighted by Crippen LogP contribution is -2.50. The van der Waals surface area contributed by atoms with Gasteiger partial charge in [-0.15, -0.1) is 11.8 Å². The summed E-state index contributed by atoms with van der Waals surface area (Å²) in [6.45, 7) is 17.8. The Kier molecular flexibility index (Phi) is 7.74. The Balaban J connectivity index is 1.57. The van der Waals surface area contributed by atoms with Gasteiger partial charge in [-0.05, 0) is 29.4 Å². The summed E-state index contributed by atoms with van der Waals surface area (Å²) in [5.74, 6) is 0.912. The summed E-state index contributed by atoms with van der Waals surface area (Å²) in [6, 6.07) is 8.79. The maximum atomic E-state index is 12.9. The van der Waals surface area contributed by atoms with Gasteiger partial charge in [-0.25, -0.2) is 0 Å². The Labute approximate surface area is 192 Å². The van der Waals surface area contributed by atoms with Gasteiger partial charge in [0, 0.05) is 45.7 Å². The molecule has 0 unspecified atom stereocenters. The lowest BCUT2D eigenvalue weighted by molar-refractivity contribution is -0.133. The molecule has 172 valence electrons. The number of piperazine rings is 1. The van der Waals surface area contributed by atoms with Crippen LogP contribution < -0.4 is 0 Å². The van der Waals surface area contributed by atoms with Crippen LogP contribution >= 0.6 is 11.8 Å². The molecule has 5 nitrogen and oxygen atoms in total. The van der Waals surface area contributed by atoms with Gasteiger partial charge in [-0.2, -0.15) is 0 Å². The van der Waals surface area contributed by atoms with E-state index >= 15 is 0 Å². The standard InChI is InChI=1S/C25H39N3O2S/c1-18(2)17-22(29)27-14-11-26(12-15-27)13-16-28-23(30)19(3)31-24(28)20-7-9-21(10-8-20)25(4,5)6/h7-10,18-19,24H,11-17H2,1-6H3/t19-,24+/m1/s1. The lowest BCUT2D eigenvalue weighted by Gasteiger charge is -2.36. The van der Waals surface area contributed by atoms with Gasteiger partial charge in [0.1, 0.15) is 5.37 Å². The van der Waals surface area contributed by atoms with Crippen LogP contribution in [0.25, 0.3) is 0 Å². The van der Waals surface area contributed by atoms with Crippen molar-refractivity contribution in [3.8, 4) is 0 Å². The molecule has 0 N–H and O–H groups in total. The summed E-state index contributed by atoms with van der Waals surface area (Å²) in [5.41, 5.74) is 2.65. The van der Waals surface area contributed by atoms with Crippen molar-refractivity contribution >= 4 is 23.6 Å². The van der Waals surface area contributed by atoms with Gasteiger partial charge in [0.2, 0.25) is 11.8 Å². The SMILES string of the molecule is CC(C)CC(=O)N1CCN(CCN2C(=O)[C@@H](C)S[C@H]2c2ccc(C(C)(C)C)cc2)CC1. The summed E-state index contributed by atoms with van der Waals surface area (Å²) in [6.07, 6.45) is 0.632. The molecular formula is C25H39N3O2S. The zero-order valence-corrected chi connectivity index (χ0v) is 20.9. The van der Waals surface area contributed by atoms with Crippen molar-refractivity contribution in [3.05, 3.63) is 35.4 Å². The molecule has 2 fully saturated rings. The first kappa shape index (κ1) is 24.1. The van der Waals surface area contributed by atoms with Gasteiger partial charge in [-0.3, -0.25) is 14.5 Å². The highest BCUT2D eigenvalue weighted by atomic mass is 32.2. The number of thioether (sulfide) groups is 1. The van der Waals surface area contributed by atoms with Crippen LogP contribution in [0.15, 0.2) is 24.3 Å². The van der Waals surface area contributed by atoms with E-state index in [-0.39, 0.29) is 27.9 Å². The second kappa shape index (κ2) is 9.95. The van der Waals surface area contributed by atoms with Crippen molar-refractivity contribution in [1.82, 2.24) is 14.7 Å². The molecule has 2 saturated heterocycles. The zero-order valence-electron chi connectivity index (χ0n) is 20.1. The zero-order chi connectivity index (χ0) is 22.8. The normalized spacial score (nSPS) is 23.1. The Hall–Kier alpha value is -1.53. The fourth-order valence-corrected chi connectivity index (χ4v) is 5.57. The van der Waals surface area contributed by atoms with E-state index in [1.54, 1.807) is 11.8 Å². The molecule has 0 spiro atoms. The maximum Gasteiger partial charge on any atom is 0.236 e. The minimum atomic E-state index is -0.00204. The molecule has 0 aromatic heterocycles. The van der Waals surface area contributed by atoms with E-state index in [0.29, 0.717) is 12.3 Å². The van der Waals surface area contributed by atoms with E-state index in [4.69, 9.17) is 0 Å². The van der Waals surface area contributed by atoms with Crippen LogP contribution in [0.2, 0.25) is 0 Å². The fourth-order valence-electron chi connectivity index (χ4n) is 4.26. The number of benzene rings is 1. The number of hydrogen-bond acceptors (Lipinski definition) is 4. The molecule has 31 heavy (non-hydrogen) atoms. The third-order valence-electron chi connectivity index (χ3n) is 6.27. The van der Waals surface area contributed by atoms with Crippen molar-refractivity contribution in [2.75, 3.05) is 39.3 Å². The Morgan fingerprint density at radius 3 is 2.23 bits per heavy atom. The first-order chi connectivity index (χ1) is 14.6. The summed E-state index contributed by atoms with van der Waals surface area (Å²) in [7, 11) is 0. The van der Waals surface area contributed by atoms with E-state index in [0.717, 1.165) is 39.3 Å². The average Bonchev–Trinajstić information content (AvgIpc) is 3.00. The van der Waals surface area contributed by atoms with Gasteiger partial charge in [0.15, 0.2) is 0 Å². The van der Waals surface area contributed by atoms with Crippen LogP contribution in [-0.2, 0) is 15.0 Å². The van der Waals surface area contributed by atoms with Crippen LogP contribution in [0.3, 0.4) is 0 Å². The maximum absolute atomic E-state index is 12.9. The smallest absolute Gasteiger partial charge is 0.236 e. The predicted octanol–water partition coefficient (Wildman–Crippen LogP) is 4.14. The molecule has 6 heteroatoms. The van der Waals surface area contributed by atoms with Gasteiger partial charge >= 0.3 is 0 Å². The van der Waals surface area contributed by atoms with Gasteiger partial charge in [-0.1, -0.05) is 58.9 Å². The number of carbonyl (C=O) groups excluding carboxylic acids is 2. The van der Waals surface area contributed by atoms with E-state index in [1.165, 1.54) is 11.1 Å². The third kappa shape index (κ3) is 6.04. The summed E-state index contributed by atoms with van der Waals surface area (Å²) < 4.78 is 0. The molecule has 1 aromatic rings. The first-order valence-corrected chi connectivity index (χ1v) is 12.6. The lowest BCUT2D eigenvalue weighted by atomic mass is 9.86. The Morgan fingerprint density at radius 1 is 1.06 bits per heavy atom. The average molecular weight is 446 g/mol. The molecular weight excluding hydrogens is 406 g/mol. The number of hydrogen-bond donors (Lipinski definition) is 0. The van der Waals surface area contributed by atoms with E-state index in [9.17, 15) is 9.59 Å². The van der Waals surface area contributed by atoms with Crippen LogP contribution in [-0.4, -0.2) is 71.0 Å². The topological polar surface area (TPSA) is 43.9 Å². The number of nitrogens with zero attached hydrogens (tertiary/aromatic N) is 3. The van der Waals surface area contributed by atoms with Crippen molar-refractivity contribution in [2.24, 2.45) is 5.92 Å². The summed E-state index contributed by atoms with van der Waals surface area (Å²) in [5, 5.41) is 0.0863. The molecule has 2 heterocycles. The highest BCUT2D eigenvalue weighted by molar-refractivity contribution is 8.01.